The van der Waals surface area contributed by atoms with E-state index in [1.165, 1.54) is 4.90 Å². The molecule has 222 valence electrons. The maximum absolute atomic E-state index is 14.7. The average Bonchev–Trinajstić information content (AvgIpc) is 3.57. The zero-order valence-corrected chi connectivity index (χ0v) is 24.2. The van der Waals surface area contributed by atoms with E-state index in [9.17, 15) is 19.5 Å². The van der Waals surface area contributed by atoms with Crippen LogP contribution < -0.4 is 0 Å². The molecule has 6 atom stereocenters. The van der Waals surface area contributed by atoms with Crippen LogP contribution in [0.1, 0.15) is 49.8 Å². The SMILES string of the molecule is C=CCCCOC(=O)[C@H]1[C@H]2C(=O)N([C@H](CO)c3ccccc3)C(C(=O)N(CC=C)Cc3ccccc3)C23CC[C@]1(C)O3. The highest BCUT2D eigenvalue weighted by Crippen LogP contribution is 2.64. The molecule has 3 heterocycles. The fourth-order valence-electron chi connectivity index (χ4n) is 7.22. The van der Waals surface area contributed by atoms with E-state index in [0.29, 0.717) is 37.8 Å². The Labute approximate surface area is 247 Å². The van der Waals surface area contributed by atoms with E-state index in [4.69, 9.17) is 9.47 Å². The van der Waals surface area contributed by atoms with Crippen LogP contribution in [0.25, 0.3) is 0 Å². The minimum Gasteiger partial charge on any atom is -0.465 e. The van der Waals surface area contributed by atoms with Crippen molar-refractivity contribution in [2.45, 2.75) is 62.4 Å². The number of carbonyl (C=O) groups excluding carboxylic acids is 3. The first-order valence-electron chi connectivity index (χ1n) is 14.7. The second-order valence-corrected chi connectivity index (χ2v) is 11.7. The molecule has 2 amide bonds. The number of aliphatic hydroxyl groups is 1. The Hall–Kier alpha value is -3.75. The molecule has 8 heteroatoms. The third-order valence-electron chi connectivity index (χ3n) is 9.07. The summed E-state index contributed by atoms with van der Waals surface area (Å²) in [6.07, 6.45) is 5.71. The van der Waals surface area contributed by atoms with Crippen LogP contribution in [0.15, 0.2) is 86.0 Å². The van der Waals surface area contributed by atoms with Gasteiger partial charge in [-0.15, -0.1) is 13.2 Å². The maximum atomic E-state index is 14.7. The molecule has 1 N–H and O–H groups in total. The Balaban J connectivity index is 1.57. The number of likely N-dealkylation sites (tertiary alicyclic amines) is 1. The lowest BCUT2D eigenvalue weighted by atomic mass is 9.66. The van der Waals surface area contributed by atoms with Gasteiger partial charge in [0, 0.05) is 13.1 Å². The molecule has 0 aromatic heterocycles. The summed E-state index contributed by atoms with van der Waals surface area (Å²) in [5.41, 5.74) is -0.537. The summed E-state index contributed by atoms with van der Waals surface area (Å²) < 4.78 is 12.4. The van der Waals surface area contributed by atoms with Crippen LogP contribution in [0.5, 0.6) is 0 Å². The van der Waals surface area contributed by atoms with Crippen molar-refractivity contribution in [2.24, 2.45) is 11.8 Å². The lowest BCUT2D eigenvalue weighted by Gasteiger charge is -2.39. The van der Waals surface area contributed by atoms with E-state index in [1.54, 1.807) is 17.1 Å². The third-order valence-corrected chi connectivity index (χ3v) is 9.07. The largest absolute Gasteiger partial charge is 0.465 e. The molecule has 0 radical (unpaired) electrons. The molecule has 3 aliphatic heterocycles. The number of aliphatic hydroxyl groups excluding tert-OH is 1. The normalized spacial score (nSPS) is 28.3. The van der Waals surface area contributed by atoms with Crippen LogP contribution in [0, 0.1) is 11.8 Å². The molecule has 2 unspecified atom stereocenters. The number of carbonyl (C=O) groups is 3. The fourth-order valence-corrected chi connectivity index (χ4v) is 7.22. The van der Waals surface area contributed by atoms with Crippen molar-refractivity contribution in [2.75, 3.05) is 19.8 Å². The van der Waals surface area contributed by atoms with Crippen molar-refractivity contribution in [1.29, 1.82) is 0 Å². The maximum Gasteiger partial charge on any atom is 0.312 e. The monoisotopic (exact) mass is 572 g/mol. The topological polar surface area (TPSA) is 96.4 Å². The van der Waals surface area contributed by atoms with Gasteiger partial charge in [-0.25, -0.2) is 0 Å². The van der Waals surface area contributed by atoms with Gasteiger partial charge in [0.05, 0.1) is 30.8 Å². The van der Waals surface area contributed by atoms with Gasteiger partial charge >= 0.3 is 5.97 Å². The van der Waals surface area contributed by atoms with E-state index in [0.717, 1.165) is 5.56 Å². The van der Waals surface area contributed by atoms with Crippen molar-refractivity contribution < 1.29 is 29.0 Å². The van der Waals surface area contributed by atoms with Gasteiger partial charge in [0.15, 0.2) is 0 Å². The molecule has 3 saturated heterocycles. The van der Waals surface area contributed by atoms with Crippen molar-refractivity contribution in [3.05, 3.63) is 97.1 Å². The van der Waals surface area contributed by atoms with Gasteiger partial charge in [0.2, 0.25) is 11.8 Å². The molecule has 1 spiro atoms. The Bertz CT molecular complexity index is 1320. The molecule has 42 heavy (non-hydrogen) atoms. The van der Waals surface area contributed by atoms with Crippen molar-refractivity contribution in [1.82, 2.24) is 9.80 Å². The number of ether oxygens (including phenoxy) is 2. The zero-order chi connectivity index (χ0) is 29.9. The summed E-state index contributed by atoms with van der Waals surface area (Å²) in [6, 6.07) is 17.0. The molecule has 3 aliphatic rings. The molecule has 0 aliphatic carbocycles. The number of esters is 1. The number of allylic oxidation sites excluding steroid dienone is 1. The molecule has 3 fully saturated rings. The smallest absolute Gasteiger partial charge is 0.312 e. The molecule has 8 nitrogen and oxygen atoms in total. The third kappa shape index (κ3) is 5.07. The number of unbranched alkanes of at least 4 members (excludes halogenated alkanes) is 1. The lowest BCUT2D eigenvalue weighted by Crippen LogP contribution is -2.57. The minimum absolute atomic E-state index is 0.213. The molecular formula is C34H40N2O6. The number of rotatable bonds is 13. The standard InChI is InChI=1S/C34H40N2O6/c1-4-6-13-21-41-32(40)28-27-30(38)36(26(23-37)25-16-11-8-12-17-25)29(34(27)19-18-33(28,3)42-34)31(39)35(20-5-2)22-24-14-9-7-10-15-24/h4-5,7-12,14-17,26-29,37H,1-2,6,13,18-23H2,3H3/t26-,27+,28-,29?,33+,34?/m1/s1. The number of fused-ring (bicyclic) bond motifs is 1. The molecule has 0 saturated carbocycles. The van der Waals surface area contributed by atoms with Crippen LogP contribution in [0.3, 0.4) is 0 Å². The van der Waals surface area contributed by atoms with Crippen LogP contribution in [-0.4, -0.2) is 69.7 Å². The van der Waals surface area contributed by atoms with Crippen LogP contribution in [-0.2, 0) is 30.4 Å². The lowest BCUT2D eigenvalue weighted by molar-refractivity contribution is -0.162. The van der Waals surface area contributed by atoms with Crippen LogP contribution in [0.4, 0.5) is 0 Å². The summed E-state index contributed by atoms with van der Waals surface area (Å²) in [5.74, 6) is -2.92. The highest BCUT2D eigenvalue weighted by molar-refractivity contribution is 5.98. The Morgan fingerprint density at radius 2 is 1.81 bits per heavy atom. The molecule has 2 aromatic carbocycles. The quantitative estimate of drug-likeness (QED) is 0.220. The second kappa shape index (κ2) is 12.2. The van der Waals surface area contributed by atoms with Gasteiger partial charge < -0.3 is 24.4 Å². The van der Waals surface area contributed by atoms with Gasteiger partial charge in [-0.05, 0) is 43.7 Å². The summed E-state index contributed by atoms with van der Waals surface area (Å²) in [5, 5.41) is 10.7. The van der Waals surface area contributed by atoms with Gasteiger partial charge in [0.25, 0.3) is 0 Å². The predicted molar refractivity (Wildman–Crippen MR) is 158 cm³/mol. The summed E-state index contributed by atoms with van der Waals surface area (Å²) >= 11 is 0. The average molecular weight is 573 g/mol. The predicted octanol–water partition coefficient (Wildman–Crippen LogP) is 4.21. The van der Waals surface area contributed by atoms with E-state index in [-0.39, 0.29) is 25.0 Å². The first-order chi connectivity index (χ1) is 20.3. The fraction of sp³-hybridized carbons (Fsp3) is 0.441. The van der Waals surface area contributed by atoms with E-state index >= 15 is 0 Å². The summed E-state index contributed by atoms with van der Waals surface area (Å²) in [6.45, 7) is 9.82. The van der Waals surface area contributed by atoms with Gasteiger partial charge in [-0.1, -0.05) is 72.8 Å². The second-order valence-electron chi connectivity index (χ2n) is 11.7. The van der Waals surface area contributed by atoms with Gasteiger partial charge in [0.1, 0.15) is 17.6 Å². The molecular weight excluding hydrogens is 532 g/mol. The first kappa shape index (κ1) is 29.7. The minimum atomic E-state index is -1.23. The zero-order valence-electron chi connectivity index (χ0n) is 24.2. The number of hydrogen-bond acceptors (Lipinski definition) is 6. The molecule has 5 rings (SSSR count). The summed E-state index contributed by atoms with van der Waals surface area (Å²) in [7, 11) is 0. The number of benzene rings is 2. The van der Waals surface area contributed by atoms with Crippen LogP contribution in [0.2, 0.25) is 0 Å². The van der Waals surface area contributed by atoms with E-state index in [1.807, 2.05) is 67.6 Å². The summed E-state index contributed by atoms with van der Waals surface area (Å²) in [4.78, 5) is 46.0. The van der Waals surface area contributed by atoms with Gasteiger partial charge in [-0.3, -0.25) is 14.4 Å². The van der Waals surface area contributed by atoms with E-state index < -0.39 is 47.7 Å². The van der Waals surface area contributed by atoms with Crippen LogP contribution >= 0.6 is 0 Å². The molecule has 2 aromatic rings. The number of hydrogen-bond donors (Lipinski definition) is 1. The number of nitrogens with zero attached hydrogens (tertiary/aromatic N) is 2. The number of amides is 2. The Morgan fingerprint density at radius 3 is 2.45 bits per heavy atom. The first-order valence-corrected chi connectivity index (χ1v) is 14.7. The molecule has 2 bridgehead atoms. The van der Waals surface area contributed by atoms with Crippen molar-refractivity contribution in [3.8, 4) is 0 Å². The Kier molecular flexibility index (Phi) is 8.66. The highest BCUT2D eigenvalue weighted by Gasteiger charge is 2.79. The van der Waals surface area contributed by atoms with E-state index in [2.05, 4.69) is 13.2 Å². The van der Waals surface area contributed by atoms with Gasteiger partial charge in [-0.2, -0.15) is 0 Å². The van der Waals surface area contributed by atoms with Crippen molar-refractivity contribution >= 4 is 17.8 Å². The van der Waals surface area contributed by atoms with Crippen molar-refractivity contribution in [3.63, 3.8) is 0 Å². The highest BCUT2D eigenvalue weighted by atomic mass is 16.6. The Morgan fingerprint density at radius 1 is 1.12 bits per heavy atom.